The molecule has 0 bridgehead atoms. The predicted molar refractivity (Wildman–Crippen MR) is 140 cm³/mol. The van der Waals surface area contributed by atoms with E-state index in [1.165, 1.54) is 19.1 Å². The fraction of sp³-hybridized carbons (Fsp3) is 0.600. The maximum atomic E-state index is 17.6. The number of aliphatic hydroxyl groups is 1. The second-order valence-corrected chi connectivity index (χ2v) is 13.1. The van der Waals surface area contributed by atoms with Gasteiger partial charge < -0.3 is 10.3 Å². The highest BCUT2D eigenvalue weighted by molar-refractivity contribution is 6.30. The monoisotopic (exact) mass is 565 g/mol. The normalized spacial score (nSPS) is 43.1. The molecule has 5 nitrogen and oxygen atoms in total. The predicted octanol–water partition coefficient (Wildman–Crippen LogP) is 5.62. The summed E-state index contributed by atoms with van der Waals surface area (Å²) in [5, 5.41) is 24.0. The lowest BCUT2D eigenvalue weighted by molar-refractivity contribution is -0.232. The van der Waals surface area contributed by atoms with Gasteiger partial charge in [0, 0.05) is 35.4 Å². The molecule has 9 atom stereocenters. The molecule has 0 amide bonds. The molecule has 0 spiro atoms. The molecule has 0 aliphatic heterocycles. The summed E-state index contributed by atoms with van der Waals surface area (Å²) in [7, 11) is 0. The fourth-order valence-electron chi connectivity index (χ4n) is 8.86. The number of Topliss-reactive ketones (excluding diaryl/α,β-unsaturated/α-hetero) is 1. The molecule has 3 fully saturated rings. The largest absolute Gasteiger partial charge is 0.390 e. The van der Waals surface area contributed by atoms with Crippen LogP contribution in [0.1, 0.15) is 45.6 Å². The van der Waals surface area contributed by atoms with Crippen LogP contribution in [0.3, 0.4) is 0 Å². The third kappa shape index (κ3) is 4.00. The number of hydrogen-bond acceptors (Lipinski definition) is 5. The Bertz CT molecular complexity index is 1240. The lowest BCUT2D eigenvalue weighted by Gasteiger charge is -2.66. The minimum atomic E-state index is -2.31. The quantitative estimate of drug-likeness (QED) is 0.438. The first-order chi connectivity index (χ1) is 18.2. The van der Waals surface area contributed by atoms with Gasteiger partial charge in [-0.3, -0.25) is 9.59 Å². The summed E-state index contributed by atoms with van der Waals surface area (Å²) in [6.45, 7) is 4.04. The van der Waals surface area contributed by atoms with Crippen molar-refractivity contribution < 1.29 is 33.1 Å². The van der Waals surface area contributed by atoms with Crippen LogP contribution in [0.15, 0.2) is 48.1 Å². The maximum Gasteiger partial charge on any atom is 0.178 e. The molecule has 0 heterocycles. The average Bonchev–Trinajstić information content (AvgIpc) is 3.09. The molecule has 4 aliphatic carbocycles. The van der Waals surface area contributed by atoms with Gasteiger partial charge in [-0.15, -0.1) is 0 Å². The van der Waals surface area contributed by atoms with Gasteiger partial charge in [-0.2, -0.15) is 5.06 Å². The van der Waals surface area contributed by atoms with Crippen LogP contribution in [-0.2, 0) is 16.1 Å². The summed E-state index contributed by atoms with van der Waals surface area (Å²) in [4.78, 5) is 25.2. The van der Waals surface area contributed by atoms with Crippen molar-refractivity contribution in [3.8, 4) is 0 Å². The standard InChI is InChI=1S/C30H35ClF3NO4/c1-27-9-8-20(36)10-21(27)22(33)11-24-28(2)12-18(16-35(39)15-17-4-6-19(31)7-5-17)26(23(37)14-32)29(28,3)13-25(38)30(24,27)34/h4-10,18,22,24-26,38-39H,11-16H2,1-3H3. The van der Waals surface area contributed by atoms with Gasteiger partial charge >= 0.3 is 0 Å². The lowest BCUT2D eigenvalue weighted by atomic mass is 9.40. The summed E-state index contributed by atoms with van der Waals surface area (Å²) < 4.78 is 47.3. The van der Waals surface area contributed by atoms with Crippen molar-refractivity contribution in [1.82, 2.24) is 5.06 Å². The average molecular weight is 566 g/mol. The number of alkyl halides is 3. The van der Waals surface area contributed by atoms with Crippen molar-refractivity contribution in [2.45, 2.75) is 64.5 Å². The molecule has 9 unspecified atom stereocenters. The van der Waals surface area contributed by atoms with Gasteiger partial charge in [-0.05, 0) is 78.4 Å². The van der Waals surface area contributed by atoms with Crippen LogP contribution in [0.4, 0.5) is 13.2 Å². The first-order valence-corrected chi connectivity index (χ1v) is 13.8. The van der Waals surface area contributed by atoms with E-state index in [2.05, 4.69) is 0 Å². The number of carbonyl (C=O) groups is 2. The van der Waals surface area contributed by atoms with E-state index in [-0.39, 0.29) is 37.9 Å². The Morgan fingerprint density at radius 3 is 2.46 bits per heavy atom. The van der Waals surface area contributed by atoms with E-state index < -0.39 is 70.2 Å². The Hall–Kier alpha value is -2.00. The molecule has 1 aromatic rings. The number of hydrogen-bond donors (Lipinski definition) is 2. The highest BCUT2D eigenvalue weighted by atomic mass is 35.5. The molecule has 39 heavy (non-hydrogen) atoms. The van der Waals surface area contributed by atoms with Crippen molar-refractivity contribution >= 4 is 23.2 Å². The molecule has 2 N–H and O–H groups in total. The van der Waals surface area contributed by atoms with Gasteiger partial charge in [0.1, 0.15) is 12.8 Å². The Morgan fingerprint density at radius 2 is 1.82 bits per heavy atom. The molecule has 5 rings (SSSR count). The number of carbonyl (C=O) groups excluding carboxylic acids is 2. The summed E-state index contributed by atoms with van der Waals surface area (Å²) in [5.41, 5.74) is -5.12. The SMILES string of the molecule is CC12C=CC(=O)C=C1C(F)CC1C3(C)CC(CN(O)Cc4ccc(Cl)cc4)C(C(=O)CF)C3(C)CC(O)C12F. The van der Waals surface area contributed by atoms with Gasteiger partial charge in [-0.1, -0.05) is 43.7 Å². The minimum Gasteiger partial charge on any atom is -0.390 e. The van der Waals surface area contributed by atoms with Crippen LogP contribution in [0.5, 0.6) is 0 Å². The molecule has 3 saturated carbocycles. The van der Waals surface area contributed by atoms with E-state index >= 15 is 8.78 Å². The van der Waals surface area contributed by atoms with Crippen LogP contribution in [0.25, 0.3) is 0 Å². The van der Waals surface area contributed by atoms with Gasteiger partial charge in [-0.25, -0.2) is 13.2 Å². The topological polar surface area (TPSA) is 77.8 Å². The van der Waals surface area contributed by atoms with E-state index in [0.717, 1.165) is 16.7 Å². The maximum absolute atomic E-state index is 17.6. The second-order valence-electron chi connectivity index (χ2n) is 12.6. The highest BCUT2D eigenvalue weighted by Crippen LogP contribution is 2.75. The van der Waals surface area contributed by atoms with E-state index in [0.29, 0.717) is 5.02 Å². The molecule has 1 aromatic carbocycles. The van der Waals surface area contributed by atoms with Crippen LogP contribution in [0.2, 0.25) is 5.02 Å². The molecular weight excluding hydrogens is 531 g/mol. The van der Waals surface area contributed by atoms with E-state index in [1.807, 2.05) is 6.92 Å². The van der Waals surface area contributed by atoms with E-state index in [1.54, 1.807) is 31.2 Å². The van der Waals surface area contributed by atoms with Gasteiger partial charge in [0.05, 0.1) is 6.10 Å². The third-order valence-corrected chi connectivity index (χ3v) is 11.0. The number of fused-ring (bicyclic) bond motifs is 5. The smallest absolute Gasteiger partial charge is 0.178 e. The molecule has 0 aromatic heterocycles. The van der Waals surface area contributed by atoms with E-state index in [4.69, 9.17) is 11.6 Å². The van der Waals surface area contributed by atoms with Crippen molar-refractivity contribution in [1.29, 1.82) is 0 Å². The van der Waals surface area contributed by atoms with Gasteiger partial charge in [0.15, 0.2) is 17.2 Å². The van der Waals surface area contributed by atoms with Crippen molar-refractivity contribution in [3.05, 3.63) is 58.7 Å². The van der Waals surface area contributed by atoms with Crippen LogP contribution >= 0.6 is 11.6 Å². The van der Waals surface area contributed by atoms with Crippen molar-refractivity contribution in [2.75, 3.05) is 13.2 Å². The molecular formula is C30H35ClF3NO4. The zero-order valence-electron chi connectivity index (χ0n) is 22.3. The number of hydroxylamine groups is 2. The molecule has 9 heteroatoms. The number of nitrogens with zero attached hydrogens (tertiary/aromatic N) is 1. The molecule has 4 aliphatic rings. The highest BCUT2D eigenvalue weighted by Gasteiger charge is 2.77. The van der Waals surface area contributed by atoms with Crippen LogP contribution < -0.4 is 0 Å². The molecule has 0 radical (unpaired) electrons. The summed E-state index contributed by atoms with van der Waals surface area (Å²) in [6.07, 6.45) is 0.383. The van der Waals surface area contributed by atoms with Crippen molar-refractivity contribution in [3.63, 3.8) is 0 Å². The van der Waals surface area contributed by atoms with Gasteiger partial charge in [0.2, 0.25) is 0 Å². The number of ketones is 2. The Labute approximate surface area is 231 Å². The van der Waals surface area contributed by atoms with Crippen molar-refractivity contribution in [2.24, 2.45) is 34.0 Å². The van der Waals surface area contributed by atoms with Crippen LogP contribution in [-0.4, -0.2) is 58.1 Å². The Balaban J connectivity index is 1.53. The number of rotatable bonds is 6. The number of aliphatic hydroxyl groups excluding tert-OH is 1. The molecule has 0 saturated heterocycles. The fourth-order valence-corrected chi connectivity index (χ4v) is 8.99. The Kier molecular flexibility index (Phi) is 6.98. The minimum absolute atomic E-state index is 0.0161. The third-order valence-electron chi connectivity index (χ3n) is 10.8. The van der Waals surface area contributed by atoms with Gasteiger partial charge in [0.25, 0.3) is 0 Å². The zero-order chi connectivity index (χ0) is 28.5. The summed E-state index contributed by atoms with van der Waals surface area (Å²) >= 11 is 5.95. The van der Waals surface area contributed by atoms with Crippen LogP contribution in [0, 0.1) is 34.0 Å². The zero-order valence-corrected chi connectivity index (χ0v) is 23.1. The lowest BCUT2D eigenvalue weighted by Crippen LogP contribution is -2.71. The number of benzene rings is 1. The second kappa shape index (κ2) is 9.54. The summed E-state index contributed by atoms with van der Waals surface area (Å²) in [6, 6.07) is 6.92. The first-order valence-electron chi connectivity index (χ1n) is 13.4. The molecule has 212 valence electrons. The summed E-state index contributed by atoms with van der Waals surface area (Å²) in [5.74, 6) is -3.56. The Morgan fingerprint density at radius 1 is 1.15 bits per heavy atom. The number of allylic oxidation sites excluding steroid dienone is 4. The first kappa shape index (κ1) is 28.5. The van der Waals surface area contributed by atoms with E-state index in [9.17, 15) is 24.3 Å². The number of halogens is 4.